The second-order valence-electron chi connectivity index (χ2n) is 9.60. The molecule has 0 spiro atoms. The Morgan fingerprint density at radius 3 is 2.42 bits per heavy atom. The number of thioether (sulfide) groups is 1. The molecule has 194 valence electrons. The van der Waals surface area contributed by atoms with E-state index in [0.717, 1.165) is 16.7 Å². The Labute approximate surface area is 228 Å². The number of anilines is 2. The van der Waals surface area contributed by atoms with Crippen molar-refractivity contribution in [1.29, 1.82) is 5.26 Å². The molecule has 1 heterocycles. The van der Waals surface area contributed by atoms with Gasteiger partial charge < -0.3 is 10.1 Å². The van der Waals surface area contributed by atoms with Gasteiger partial charge >= 0.3 is 0 Å². The standard InChI is InChI=1S/C31H31N3O3S/c1-19(2)23-13-11-22(12-14-23)17-28-30(36)34(24-15-10-20(3)21(4)16-24)31(38-28)25(18-32)29(35)33-26-8-6-7-9-27(26)37-5/h6-16,19,28H,17H2,1-5H3,(H,33,35)/b31-25-. The van der Waals surface area contributed by atoms with Crippen molar-refractivity contribution in [1.82, 2.24) is 0 Å². The molecule has 1 fully saturated rings. The lowest BCUT2D eigenvalue weighted by Gasteiger charge is -2.20. The number of amides is 2. The van der Waals surface area contributed by atoms with Crippen LogP contribution in [0, 0.1) is 25.2 Å². The lowest BCUT2D eigenvalue weighted by atomic mass is 10.00. The molecule has 2 amide bonds. The van der Waals surface area contributed by atoms with Crippen LogP contribution in [0.15, 0.2) is 77.3 Å². The van der Waals surface area contributed by atoms with Gasteiger partial charge in [0.25, 0.3) is 5.91 Å². The summed E-state index contributed by atoms with van der Waals surface area (Å²) in [7, 11) is 1.51. The number of hydrogen-bond donors (Lipinski definition) is 1. The van der Waals surface area contributed by atoms with Crippen molar-refractivity contribution >= 4 is 35.0 Å². The van der Waals surface area contributed by atoms with E-state index in [9.17, 15) is 14.9 Å². The molecule has 0 bridgehead atoms. The Morgan fingerprint density at radius 1 is 1.08 bits per heavy atom. The lowest BCUT2D eigenvalue weighted by Crippen LogP contribution is -2.31. The summed E-state index contributed by atoms with van der Waals surface area (Å²) in [6.45, 7) is 8.26. The van der Waals surface area contributed by atoms with Crippen molar-refractivity contribution in [3.8, 4) is 11.8 Å². The number of nitrogens with one attached hydrogen (secondary N) is 1. The number of nitrogens with zero attached hydrogens (tertiary/aromatic N) is 2. The SMILES string of the molecule is COc1ccccc1NC(=O)/C(C#N)=C1\SC(Cc2ccc(C(C)C)cc2)C(=O)N1c1ccc(C)c(C)c1. The summed E-state index contributed by atoms with van der Waals surface area (Å²) in [6.07, 6.45) is 0.486. The van der Waals surface area contributed by atoms with E-state index < -0.39 is 11.2 Å². The number of rotatable bonds is 7. The highest BCUT2D eigenvalue weighted by Gasteiger charge is 2.41. The van der Waals surface area contributed by atoms with Crippen LogP contribution in [-0.4, -0.2) is 24.2 Å². The molecular formula is C31H31N3O3S. The molecule has 0 saturated carbocycles. The summed E-state index contributed by atoms with van der Waals surface area (Å²) >= 11 is 1.26. The minimum absolute atomic E-state index is 0.120. The molecular weight excluding hydrogens is 494 g/mol. The quantitative estimate of drug-likeness (QED) is 0.281. The summed E-state index contributed by atoms with van der Waals surface area (Å²) in [5.74, 6) is 0.149. The van der Waals surface area contributed by atoms with E-state index in [1.54, 1.807) is 24.3 Å². The maximum absolute atomic E-state index is 13.8. The number of carbonyl (C=O) groups is 2. The summed E-state index contributed by atoms with van der Waals surface area (Å²) in [6, 6.07) is 23.0. The predicted octanol–water partition coefficient (Wildman–Crippen LogP) is 6.50. The monoisotopic (exact) mass is 525 g/mol. The maximum Gasteiger partial charge on any atom is 0.269 e. The third kappa shape index (κ3) is 5.61. The van der Waals surface area contributed by atoms with Gasteiger partial charge in [0.1, 0.15) is 22.4 Å². The van der Waals surface area contributed by atoms with Crippen LogP contribution in [0.25, 0.3) is 0 Å². The van der Waals surface area contributed by atoms with Gasteiger partial charge in [0.2, 0.25) is 5.91 Å². The third-order valence-corrected chi connectivity index (χ3v) is 7.94. The Bertz CT molecular complexity index is 1440. The molecule has 1 N–H and O–H groups in total. The fourth-order valence-corrected chi connectivity index (χ4v) is 5.58. The van der Waals surface area contributed by atoms with Crippen LogP contribution in [-0.2, 0) is 16.0 Å². The number of methoxy groups -OCH3 is 1. The van der Waals surface area contributed by atoms with Gasteiger partial charge in [0.15, 0.2) is 0 Å². The van der Waals surface area contributed by atoms with Gasteiger partial charge in [0.05, 0.1) is 18.0 Å². The van der Waals surface area contributed by atoms with Crippen LogP contribution >= 0.6 is 11.8 Å². The number of nitriles is 1. The first kappa shape index (κ1) is 27.0. The Kier molecular flexibility index (Phi) is 8.23. The molecule has 7 heteroatoms. The van der Waals surface area contributed by atoms with E-state index in [1.165, 1.54) is 29.3 Å². The largest absolute Gasteiger partial charge is 0.495 e. The molecule has 3 aromatic rings. The van der Waals surface area contributed by atoms with Gasteiger partial charge in [0, 0.05) is 5.69 Å². The zero-order valence-corrected chi connectivity index (χ0v) is 23.1. The van der Waals surface area contributed by atoms with Crippen LogP contribution in [0.4, 0.5) is 11.4 Å². The molecule has 6 nitrogen and oxygen atoms in total. The average Bonchev–Trinajstić information content (AvgIpc) is 3.21. The fourth-order valence-electron chi connectivity index (χ4n) is 4.27. The predicted molar refractivity (Wildman–Crippen MR) is 153 cm³/mol. The molecule has 1 unspecified atom stereocenters. The van der Waals surface area contributed by atoms with Crippen molar-refractivity contribution in [2.24, 2.45) is 0 Å². The topological polar surface area (TPSA) is 82.4 Å². The first-order chi connectivity index (χ1) is 18.2. The number of aryl methyl sites for hydroxylation is 2. The molecule has 1 saturated heterocycles. The minimum Gasteiger partial charge on any atom is -0.495 e. The van der Waals surface area contributed by atoms with Crippen molar-refractivity contribution in [3.05, 3.63) is 99.6 Å². The summed E-state index contributed by atoms with van der Waals surface area (Å²) in [5.41, 5.74) is 5.33. The van der Waals surface area contributed by atoms with Gasteiger partial charge in [-0.05, 0) is 72.7 Å². The van der Waals surface area contributed by atoms with E-state index in [1.807, 2.05) is 44.2 Å². The van der Waals surface area contributed by atoms with Gasteiger partial charge in [-0.3, -0.25) is 14.5 Å². The number of benzene rings is 3. The number of hydrogen-bond acceptors (Lipinski definition) is 5. The van der Waals surface area contributed by atoms with Crippen LogP contribution in [0.2, 0.25) is 0 Å². The number of para-hydroxylation sites is 2. The van der Waals surface area contributed by atoms with Crippen molar-refractivity contribution in [2.75, 3.05) is 17.3 Å². The first-order valence-corrected chi connectivity index (χ1v) is 13.4. The van der Waals surface area contributed by atoms with E-state index in [4.69, 9.17) is 4.74 Å². The van der Waals surface area contributed by atoms with E-state index in [2.05, 4.69) is 37.4 Å². The molecule has 4 rings (SSSR count). The van der Waals surface area contributed by atoms with Crippen molar-refractivity contribution in [3.63, 3.8) is 0 Å². The van der Waals surface area contributed by atoms with Crippen LogP contribution in [0.5, 0.6) is 5.75 Å². The highest BCUT2D eigenvalue weighted by molar-refractivity contribution is 8.05. The maximum atomic E-state index is 13.8. The van der Waals surface area contributed by atoms with Crippen LogP contribution < -0.4 is 15.0 Å². The zero-order chi connectivity index (χ0) is 27.4. The molecule has 1 aliphatic rings. The zero-order valence-electron chi connectivity index (χ0n) is 22.2. The van der Waals surface area contributed by atoms with E-state index in [0.29, 0.717) is 34.5 Å². The molecule has 0 radical (unpaired) electrons. The van der Waals surface area contributed by atoms with Gasteiger partial charge in [-0.2, -0.15) is 5.26 Å². The Balaban J connectivity index is 1.73. The summed E-state index contributed by atoms with van der Waals surface area (Å²) < 4.78 is 5.34. The van der Waals surface area contributed by atoms with Gasteiger partial charge in [-0.25, -0.2) is 0 Å². The number of ether oxygens (including phenoxy) is 1. The van der Waals surface area contributed by atoms with Gasteiger partial charge in [-0.15, -0.1) is 0 Å². The van der Waals surface area contributed by atoms with Crippen molar-refractivity contribution < 1.29 is 14.3 Å². The molecule has 0 aromatic heterocycles. The second-order valence-corrected chi connectivity index (χ2v) is 10.8. The molecule has 38 heavy (non-hydrogen) atoms. The number of carbonyl (C=O) groups excluding carboxylic acids is 2. The van der Waals surface area contributed by atoms with Crippen LogP contribution in [0.3, 0.4) is 0 Å². The van der Waals surface area contributed by atoms with E-state index in [-0.39, 0.29) is 11.5 Å². The highest BCUT2D eigenvalue weighted by Crippen LogP contribution is 2.42. The van der Waals surface area contributed by atoms with Crippen molar-refractivity contribution in [2.45, 2.75) is 45.3 Å². The van der Waals surface area contributed by atoms with E-state index >= 15 is 0 Å². The summed E-state index contributed by atoms with van der Waals surface area (Å²) in [4.78, 5) is 28.7. The molecule has 0 aliphatic carbocycles. The smallest absolute Gasteiger partial charge is 0.269 e. The van der Waals surface area contributed by atoms with Gasteiger partial charge in [-0.1, -0.05) is 68.1 Å². The average molecular weight is 526 g/mol. The minimum atomic E-state index is -0.594. The highest BCUT2D eigenvalue weighted by atomic mass is 32.2. The third-order valence-electron chi connectivity index (χ3n) is 6.68. The fraction of sp³-hybridized carbons (Fsp3) is 0.258. The van der Waals surface area contributed by atoms with Crippen LogP contribution in [0.1, 0.15) is 42.0 Å². The molecule has 1 aliphatic heterocycles. The summed E-state index contributed by atoms with van der Waals surface area (Å²) in [5, 5.41) is 12.8. The second kappa shape index (κ2) is 11.6. The first-order valence-electron chi connectivity index (χ1n) is 12.5. The molecule has 1 atom stereocenters. The molecule has 3 aromatic carbocycles. The Morgan fingerprint density at radius 2 is 1.79 bits per heavy atom. The normalized spacial score (nSPS) is 16.4. The Hall–Kier alpha value is -4.02. The lowest BCUT2D eigenvalue weighted by molar-refractivity contribution is -0.117.